The Morgan fingerprint density at radius 2 is 1.87 bits per heavy atom. The average molecular weight is 526 g/mol. The summed E-state index contributed by atoms with van der Waals surface area (Å²) in [6.07, 6.45) is 4.68. The van der Waals surface area contributed by atoms with Crippen LogP contribution < -0.4 is 20.3 Å². The van der Waals surface area contributed by atoms with Crippen LogP contribution >= 0.6 is 24.0 Å². The van der Waals surface area contributed by atoms with Crippen molar-refractivity contribution in [1.82, 2.24) is 14.8 Å². The van der Waals surface area contributed by atoms with Gasteiger partial charge in [-0.3, -0.25) is 9.79 Å². The monoisotopic (exact) mass is 526 g/mol. The van der Waals surface area contributed by atoms with Gasteiger partial charge >= 0.3 is 0 Å². The lowest BCUT2D eigenvalue weighted by Crippen LogP contribution is -2.44. The molecule has 164 valence electrons. The highest BCUT2D eigenvalue weighted by Gasteiger charge is 2.21. The molecule has 0 unspecified atom stereocenters. The highest BCUT2D eigenvalue weighted by atomic mass is 127. The molecule has 1 aliphatic heterocycles. The lowest BCUT2D eigenvalue weighted by Gasteiger charge is -2.32. The van der Waals surface area contributed by atoms with E-state index in [0.29, 0.717) is 0 Å². The summed E-state index contributed by atoms with van der Waals surface area (Å²) in [7, 11) is 5.14. The van der Waals surface area contributed by atoms with Crippen LogP contribution in [-0.4, -0.2) is 49.8 Å². The summed E-state index contributed by atoms with van der Waals surface area (Å²) in [5, 5.41) is 3.45. The Hall–Kier alpha value is -2.23. The van der Waals surface area contributed by atoms with Gasteiger partial charge in [-0.1, -0.05) is 6.07 Å². The third kappa shape index (κ3) is 5.90. The first kappa shape index (κ1) is 24.0. The normalized spacial score (nSPS) is 13.3. The molecule has 0 aliphatic carbocycles. The lowest BCUT2D eigenvalue weighted by molar-refractivity contribution is 0.346. The van der Waals surface area contributed by atoms with E-state index in [9.17, 15) is 4.79 Å². The number of pyridine rings is 1. The van der Waals surface area contributed by atoms with Gasteiger partial charge in [-0.2, -0.15) is 0 Å². The highest BCUT2D eigenvalue weighted by molar-refractivity contribution is 14.0. The molecule has 1 aromatic heterocycles. The number of fused-ring (bicyclic) bond motifs is 1. The number of hydrogen-bond acceptors (Lipinski definition) is 4. The maximum Gasteiger partial charge on any atom is 0.250 e. The molecule has 3 rings (SSSR count). The average Bonchev–Trinajstić information content (AvgIpc) is 2.76. The summed E-state index contributed by atoms with van der Waals surface area (Å²) in [5.74, 6) is 2.44. The minimum absolute atomic E-state index is 0. The number of ether oxygens (including phenoxy) is 2. The first-order valence-electron chi connectivity index (χ1n) is 10.0. The number of nitrogens with one attached hydrogen (secondary N) is 1. The minimum atomic E-state index is 0. The fourth-order valence-corrected chi connectivity index (χ4v) is 3.65. The summed E-state index contributed by atoms with van der Waals surface area (Å²) >= 11 is 0. The van der Waals surface area contributed by atoms with E-state index < -0.39 is 0 Å². The molecule has 7 nitrogen and oxygen atoms in total. The largest absolute Gasteiger partial charge is 0.493 e. The van der Waals surface area contributed by atoms with Crippen molar-refractivity contribution in [1.29, 1.82) is 0 Å². The van der Waals surface area contributed by atoms with Crippen molar-refractivity contribution in [3.05, 3.63) is 58.0 Å². The van der Waals surface area contributed by atoms with Gasteiger partial charge in [-0.05, 0) is 48.6 Å². The van der Waals surface area contributed by atoms with Crippen LogP contribution in [0.1, 0.15) is 24.0 Å². The van der Waals surface area contributed by atoms with Crippen LogP contribution in [-0.2, 0) is 19.5 Å². The number of unbranched alkanes of at least 4 members (excludes halogenated alkanes) is 1. The molecule has 0 atom stereocenters. The summed E-state index contributed by atoms with van der Waals surface area (Å²) in [5.41, 5.74) is 2.58. The van der Waals surface area contributed by atoms with E-state index in [1.165, 1.54) is 11.1 Å². The van der Waals surface area contributed by atoms with Gasteiger partial charge in [0.15, 0.2) is 17.5 Å². The molecule has 0 bridgehead atoms. The summed E-state index contributed by atoms with van der Waals surface area (Å²) in [6.45, 7) is 3.25. The maximum absolute atomic E-state index is 11.7. The number of aliphatic imine (C=N–C) groups is 1. The van der Waals surface area contributed by atoms with E-state index >= 15 is 0 Å². The van der Waals surface area contributed by atoms with Crippen LogP contribution in [0.15, 0.2) is 46.3 Å². The molecular formula is C22H31IN4O3. The molecule has 1 aromatic carbocycles. The fraction of sp³-hybridized carbons (Fsp3) is 0.455. The highest BCUT2D eigenvalue weighted by Crippen LogP contribution is 2.33. The molecule has 0 saturated carbocycles. The van der Waals surface area contributed by atoms with Crippen LogP contribution in [0.5, 0.6) is 11.5 Å². The number of hydrogen-bond donors (Lipinski definition) is 1. The van der Waals surface area contributed by atoms with Crippen molar-refractivity contribution in [3.8, 4) is 11.5 Å². The molecular weight excluding hydrogens is 495 g/mol. The Morgan fingerprint density at radius 3 is 2.53 bits per heavy atom. The number of halogens is 1. The third-order valence-corrected chi connectivity index (χ3v) is 5.24. The topological polar surface area (TPSA) is 68.1 Å². The van der Waals surface area contributed by atoms with Crippen molar-refractivity contribution < 1.29 is 9.47 Å². The van der Waals surface area contributed by atoms with Gasteiger partial charge in [0.25, 0.3) is 0 Å². The van der Waals surface area contributed by atoms with E-state index in [-0.39, 0.29) is 29.5 Å². The van der Waals surface area contributed by atoms with E-state index in [1.54, 1.807) is 30.9 Å². The Labute approximate surface area is 195 Å². The van der Waals surface area contributed by atoms with Gasteiger partial charge in [0.2, 0.25) is 5.56 Å². The molecule has 30 heavy (non-hydrogen) atoms. The number of nitrogens with zero attached hydrogens (tertiary/aromatic N) is 3. The zero-order valence-corrected chi connectivity index (χ0v) is 20.2. The number of aromatic nitrogens is 1. The molecule has 0 amide bonds. The van der Waals surface area contributed by atoms with Crippen LogP contribution in [0, 0.1) is 0 Å². The quantitative estimate of drug-likeness (QED) is 0.260. The Morgan fingerprint density at radius 1 is 1.13 bits per heavy atom. The second-order valence-electron chi connectivity index (χ2n) is 7.06. The van der Waals surface area contributed by atoms with Crippen LogP contribution in [0.25, 0.3) is 0 Å². The summed E-state index contributed by atoms with van der Waals surface area (Å²) in [4.78, 5) is 18.4. The number of guanidine groups is 1. The zero-order chi connectivity index (χ0) is 20.6. The van der Waals surface area contributed by atoms with Gasteiger partial charge in [0, 0.05) is 45.5 Å². The molecule has 0 saturated heterocycles. The predicted molar refractivity (Wildman–Crippen MR) is 130 cm³/mol. The standard InChI is InChI=1S/C22H30N4O3.HI/c1-23-22(24-10-5-7-12-25-11-6-4-8-21(25)27)26-13-9-17-14-19(28-2)20(29-3)15-18(17)16-26;/h4,6,8,11,14-15H,5,7,9-10,12-13,16H2,1-3H3,(H,23,24);1H. The predicted octanol–water partition coefficient (Wildman–Crippen LogP) is 2.90. The number of benzene rings is 1. The molecule has 0 spiro atoms. The number of aryl methyl sites for hydroxylation is 1. The smallest absolute Gasteiger partial charge is 0.250 e. The van der Waals surface area contributed by atoms with Gasteiger partial charge < -0.3 is 24.3 Å². The third-order valence-electron chi connectivity index (χ3n) is 5.24. The molecule has 2 heterocycles. The molecule has 0 radical (unpaired) electrons. The van der Waals surface area contributed by atoms with Gasteiger partial charge in [0.1, 0.15) is 0 Å². The Balaban J connectivity index is 0.00000320. The van der Waals surface area contributed by atoms with Crippen molar-refractivity contribution in [2.75, 3.05) is 34.4 Å². The second kappa shape index (κ2) is 11.8. The second-order valence-corrected chi connectivity index (χ2v) is 7.06. The van der Waals surface area contributed by atoms with Crippen LogP contribution in [0.3, 0.4) is 0 Å². The van der Waals surface area contributed by atoms with E-state index in [0.717, 1.165) is 62.9 Å². The van der Waals surface area contributed by atoms with Crippen molar-refractivity contribution in [2.45, 2.75) is 32.4 Å². The zero-order valence-electron chi connectivity index (χ0n) is 17.9. The van der Waals surface area contributed by atoms with E-state index in [1.807, 2.05) is 19.3 Å². The molecule has 1 aliphatic rings. The maximum atomic E-state index is 11.7. The van der Waals surface area contributed by atoms with Crippen LogP contribution in [0.2, 0.25) is 0 Å². The minimum Gasteiger partial charge on any atom is -0.493 e. The first-order valence-corrected chi connectivity index (χ1v) is 10.0. The molecule has 1 N–H and O–H groups in total. The van der Waals surface area contributed by atoms with Crippen molar-refractivity contribution >= 4 is 29.9 Å². The molecule has 0 fully saturated rings. The molecule has 8 heteroatoms. The molecule has 2 aromatic rings. The first-order chi connectivity index (χ1) is 14.2. The summed E-state index contributed by atoms with van der Waals surface area (Å²) in [6, 6.07) is 9.39. The van der Waals surface area contributed by atoms with Gasteiger partial charge in [-0.15, -0.1) is 24.0 Å². The van der Waals surface area contributed by atoms with E-state index in [4.69, 9.17) is 9.47 Å². The fourth-order valence-electron chi connectivity index (χ4n) is 3.65. The summed E-state index contributed by atoms with van der Waals surface area (Å²) < 4.78 is 12.6. The van der Waals surface area contributed by atoms with E-state index in [2.05, 4.69) is 27.3 Å². The number of methoxy groups -OCH3 is 2. The van der Waals surface area contributed by atoms with Crippen LogP contribution in [0.4, 0.5) is 0 Å². The Kier molecular flexibility index (Phi) is 9.48. The SMILES string of the molecule is CN=C(NCCCCn1ccccc1=O)N1CCc2cc(OC)c(OC)cc2C1.I. The lowest BCUT2D eigenvalue weighted by atomic mass is 9.99. The number of rotatable bonds is 7. The van der Waals surface area contributed by atoms with Gasteiger partial charge in [0.05, 0.1) is 14.2 Å². The van der Waals surface area contributed by atoms with Crippen molar-refractivity contribution in [3.63, 3.8) is 0 Å². The Bertz CT molecular complexity index is 913. The van der Waals surface area contributed by atoms with Crippen molar-refractivity contribution in [2.24, 2.45) is 4.99 Å². The van der Waals surface area contributed by atoms with Gasteiger partial charge in [-0.25, -0.2) is 0 Å².